The predicted octanol–water partition coefficient (Wildman–Crippen LogP) is 3.06. The zero-order chi connectivity index (χ0) is 28.9. The maximum atomic E-state index is 12.9. The zero-order valence-electron chi connectivity index (χ0n) is 24.7. The van der Waals surface area contributed by atoms with E-state index in [1.807, 2.05) is 32.0 Å². The van der Waals surface area contributed by atoms with Crippen LogP contribution in [-0.2, 0) is 20.7 Å². The molecule has 1 saturated heterocycles. The van der Waals surface area contributed by atoms with Gasteiger partial charge in [0, 0.05) is 51.1 Å². The van der Waals surface area contributed by atoms with Gasteiger partial charge in [-0.3, -0.25) is 9.59 Å². The van der Waals surface area contributed by atoms with Crippen LogP contribution in [0.5, 0.6) is 11.5 Å². The Morgan fingerprint density at radius 3 is 2.46 bits per heavy atom. The van der Waals surface area contributed by atoms with Gasteiger partial charge in [0.05, 0.1) is 19.8 Å². The van der Waals surface area contributed by atoms with E-state index in [0.717, 1.165) is 24.8 Å². The Kier molecular flexibility index (Phi) is 14.0. The van der Waals surface area contributed by atoms with Crippen LogP contribution < -0.4 is 25.8 Å². The Labute approximate surface area is 234 Å². The van der Waals surface area contributed by atoms with Crippen molar-refractivity contribution in [2.75, 3.05) is 34.0 Å². The second-order valence-electron chi connectivity index (χ2n) is 11.5. The Morgan fingerprint density at radius 2 is 1.87 bits per heavy atom. The van der Waals surface area contributed by atoms with Crippen LogP contribution in [0, 0.1) is 23.7 Å². The molecule has 9 heteroatoms. The molecule has 1 fully saturated rings. The molecule has 1 unspecified atom stereocenters. The van der Waals surface area contributed by atoms with Crippen LogP contribution in [0.1, 0.15) is 65.4 Å². The molecule has 0 spiro atoms. The van der Waals surface area contributed by atoms with Gasteiger partial charge >= 0.3 is 0 Å². The quantitative estimate of drug-likeness (QED) is 0.207. The minimum absolute atomic E-state index is 0.0243. The van der Waals surface area contributed by atoms with Gasteiger partial charge in [-0.2, -0.15) is 0 Å². The third kappa shape index (κ3) is 11.0. The summed E-state index contributed by atoms with van der Waals surface area (Å²) >= 11 is 0. The van der Waals surface area contributed by atoms with Gasteiger partial charge in [-0.05, 0) is 61.1 Å². The summed E-state index contributed by atoms with van der Waals surface area (Å²) in [6, 6.07) is 5.51. The molecule has 2 amide bonds. The van der Waals surface area contributed by atoms with Crippen LogP contribution in [0.3, 0.4) is 0 Å². The number of nitrogens with two attached hydrogens (primary N) is 1. The van der Waals surface area contributed by atoms with Crippen molar-refractivity contribution in [2.24, 2.45) is 29.4 Å². The van der Waals surface area contributed by atoms with Gasteiger partial charge in [-0.15, -0.1) is 0 Å². The number of rotatable bonds is 18. The highest BCUT2D eigenvalue weighted by molar-refractivity contribution is 5.80. The summed E-state index contributed by atoms with van der Waals surface area (Å²) in [6.45, 7) is 9.88. The van der Waals surface area contributed by atoms with E-state index in [9.17, 15) is 14.7 Å². The van der Waals surface area contributed by atoms with Crippen LogP contribution in [0.15, 0.2) is 18.2 Å². The molecule has 0 aromatic heterocycles. The molecule has 0 radical (unpaired) electrons. The molecule has 39 heavy (non-hydrogen) atoms. The fraction of sp³-hybridized carbons (Fsp3) is 0.733. The summed E-state index contributed by atoms with van der Waals surface area (Å²) in [5.74, 6) is 1.60. The highest BCUT2D eigenvalue weighted by atomic mass is 16.5. The van der Waals surface area contributed by atoms with E-state index in [2.05, 4.69) is 24.5 Å². The number of nitrogens with one attached hydrogen (secondary N) is 2. The summed E-state index contributed by atoms with van der Waals surface area (Å²) < 4.78 is 16.5. The lowest BCUT2D eigenvalue weighted by molar-refractivity contribution is -0.128. The number of hydrogen-bond acceptors (Lipinski definition) is 7. The summed E-state index contributed by atoms with van der Waals surface area (Å²) in [4.78, 5) is 24.4. The third-order valence-electron chi connectivity index (χ3n) is 7.73. The number of amides is 2. The maximum Gasteiger partial charge on any atom is 0.223 e. The SMILES string of the molecule is COCCCOc1cc(C[C@@H](C[C@H](N)[C@@H](O)C[C@H](C(=O)NCC2CCC(=O)N2)C(C)C)C(C)C)ccc1OC. The Balaban J connectivity index is 1.97. The minimum atomic E-state index is -0.800. The molecule has 0 saturated carbocycles. The topological polar surface area (TPSA) is 132 Å². The van der Waals surface area contributed by atoms with E-state index in [1.54, 1.807) is 14.2 Å². The molecule has 1 heterocycles. The maximum absolute atomic E-state index is 12.9. The lowest BCUT2D eigenvalue weighted by Crippen LogP contribution is -2.45. The Bertz CT molecular complexity index is 893. The zero-order valence-corrected chi connectivity index (χ0v) is 24.7. The molecule has 9 nitrogen and oxygen atoms in total. The summed E-state index contributed by atoms with van der Waals surface area (Å²) in [7, 11) is 3.30. The number of hydrogen-bond donors (Lipinski definition) is 4. The van der Waals surface area contributed by atoms with Gasteiger partial charge in [0.1, 0.15) is 0 Å². The van der Waals surface area contributed by atoms with Gasteiger partial charge < -0.3 is 35.7 Å². The average molecular weight is 550 g/mol. The molecule has 2 rings (SSSR count). The van der Waals surface area contributed by atoms with Crippen molar-refractivity contribution in [2.45, 2.75) is 84.4 Å². The molecule has 1 aromatic rings. The van der Waals surface area contributed by atoms with Crippen LogP contribution in [0.2, 0.25) is 0 Å². The summed E-state index contributed by atoms with van der Waals surface area (Å²) in [6.07, 6.45) is 2.94. The van der Waals surface area contributed by atoms with Gasteiger partial charge in [0.15, 0.2) is 11.5 Å². The van der Waals surface area contributed by atoms with Crippen molar-refractivity contribution in [3.63, 3.8) is 0 Å². The minimum Gasteiger partial charge on any atom is -0.493 e. The predicted molar refractivity (Wildman–Crippen MR) is 153 cm³/mol. The number of ether oxygens (including phenoxy) is 3. The molecule has 1 aromatic carbocycles. The van der Waals surface area contributed by atoms with Crippen molar-refractivity contribution < 1.29 is 28.9 Å². The van der Waals surface area contributed by atoms with Crippen LogP contribution >= 0.6 is 0 Å². The smallest absolute Gasteiger partial charge is 0.223 e. The number of carbonyl (C=O) groups is 2. The molecule has 0 aliphatic carbocycles. The van der Waals surface area contributed by atoms with E-state index < -0.39 is 12.1 Å². The Hall–Kier alpha value is -2.36. The van der Waals surface area contributed by atoms with Crippen LogP contribution in [0.25, 0.3) is 0 Å². The fourth-order valence-corrected chi connectivity index (χ4v) is 5.05. The molecule has 5 N–H and O–H groups in total. The first-order valence-electron chi connectivity index (χ1n) is 14.3. The molecule has 0 bridgehead atoms. The second-order valence-corrected chi connectivity index (χ2v) is 11.5. The van der Waals surface area contributed by atoms with Crippen molar-refractivity contribution >= 4 is 11.8 Å². The van der Waals surface area contributed by atoms with Gasteiger partial charge in [-0.1, -0.05) is 33.8 Å². The van der Waals surface area contributed by atoms with E-state index >= 15 is 0 Å². The van der Waals surface area contributed by atoms with Gasteiger partial charge in [0.25, 0.3) is 0 Å². The lowest BCUT2D eigenvalue weighted by atomic mass is 9.81. The summed E-state index contributed by atoms with van der Waals surface area (Å²) in [5.41, 5.74) is 7.65. The van der Waals surface area contributed by atoms with Crippen molar-refractivity contribution in [3.05, 3.63) is 23.8 Å². The number of aliphatic hydroxyl groups excluding tert-OH is 1. The van der Waals surface area contributed by atoms with Crippen molar-refractivity contribution in [1.29, 1.82) is 0 Å². The Morgan fingerprint density at radius 1 is 1.13 bits per heavy atom. The van der Waals surface area contributed by atoms with Gasteiger partial charge in [-0.25, -0.2) is 0 Å². The van der Waals surface area contributed by atoms with E-state index in [4.69, 9.17) is 19.9 Å². The number of carbonyl (C=O) groups excluding carboxylic acids is 2. The first-order chi connectivity index (χ1) is 18.5. The molecule has 1 aliphatic heterocycles. The lowest BCUT2D eigenvalue weighted by Gasteiger charge is -2.30. The van der Waals surface area contributed by atoms with Crippen molar-refractivity contribution in [3.8, 4) is 11.5 Å². The largest absolute Gasteiger partial charge is 0.493 e. The standard InChI is InChI=1S/C30H51N3O6/c1-19(2)22(14-21-8-10-27(38-6)28(15-21)39-13-7-12-37-5)16-25(31)26(34)17-24(20(3)4)30(36)32-18-23-9-11-29(35)33-23/h8,10,15,19-20,22-26,34H,7,9,11-14,16-18,31H2,1-6H3,(H,32,36)(H,33,35)/t22-,23?,24-,25-,26-/m0/s1. The molecule has 1 aliphatic rings. The second kappa shape index (κ2) is 16.7. The number of aliphatic hydroxyl groups is 1. The molecular weight excluding hydrogens is 498 g/mol. The van der Waals surface area contributed by atoms with E-state index in [-0.39, 0.29) is 35.6 Å². The first kappa shape index (κ1) is 32.8. The van der Waals surface area contributed by atoms with E-state index in [1.165, 1.54) is 0 Å². The first-order valence-corrected chi connectivity index (χ1v) is 14.3. The van der Waals surface area contributed by atoms with Crippen LogP contribution in [-0.4, -0.2) is 69.1 Å². The highest BCUT2D eigenvalue weighted by Gasteiger charge is 2.30. The van der Waals surface area contributed by atoms with E-state index in [0.29, 0.717) is 56.4 Å². The van der Waals surface area contributed by atoms with Gasteiger partial charge in [0.2, 0.25) is 11.8 Å². The van der Waals surface area contributed by atoms with Crippen LogP contribution in [0.4, 0.5) is 0 Å². The molecular formula is C30H51N3O6. The summed E-state index contributed by atoms with van der Waals surface area (Å²) in [5, 5.41) is 16.9. The molecule has 5 atom stereocenters. The average Bonchev–Trinajstić information content (AvgIpc) is 3.32. The van der Waals surface area contributed by atoms with Crippen molar-refractivity contribution in [1.82, 2.24) is 10.6 Å². The molecule has 222 valence electrons. The number of benzene rings is 1. The highest BCUT2D eigenvalue weighted by Crippen LogP contribution is 2.31. The normalized spacial score (nSPS) is 18.5. The monoisotopic (exact) mass is 549 g/mol. The fourth-order valence-electron chi connectivity index (χ4n) is 5.05. The third-order valence-corrected chi connectivity index (χ3v) is 7.73. The number of methoxy groups -OCH3 is 2.